The summed E-state index contributed by atoms with van der Waals surface area (Å²) in [5.41, 5.74) is 6.36. The molecule has 2 aromatic rings. The molecular weight excluding hydrogens is 454 g/mol. The largest absolute Gasteiger partial charge is 0.464 e. The molecule has 1 saturated heterocycles. The van der Waals surface area contributed by atoms with Crippen LogP contribution in [0.2, 0.25) is 0 Å². The number of ether oxygens (including phenoxy) is 3. The molecule has 1 aliphatic rings. The van der Waals surface area contributed by atoms with Gasteiger partial charge in [0.25, 0.3) is 0 Å². The quantitative estimate of drug-likeness (QED) is 0.239. The van der Waals surface area contributed by atoms with Crippen LogP contribution in [0.5, 0.6) is 0 Å². The molecule has 2 unspecified atom stereocenters. The highest BCUT2D eigenvalue weighted by Crippen LogP contribution is 2.34. The molecule has 5 atom stereocenters. The Morgan fingerprint density at radius 3 is 2.88 bits per heavy atom. The number of aliphatic hydroxyl groups excluding tert-OH is 2. The van der Waals surface area contributed by atoms with Gasteiger partial charge in [0.2, 0.25) is 5.91 Å². The van der Waals surface area contributed by atoms with Crippen molar-refractivity contribution in [3.05, 3.63) is 18.6 Å². The normalized spacial score (nSPS) is 23.5. The number of hydrogen-bond donors (Lipinski definition) is 4. The number of thioether (sulfide) groups is 1. The van der Waals surface area contributed by atoms with E-state index in [-0.39, 0.29) is 13.2 Å². The van der Waals surface area contributed by atoms with E-state index < -0.39 is 42.5 Å². The zero-order valence-corrected chi connectivity index (χ0v) is 19.2. The fourth-order valence-corrected chi connectivity index (χ4v) is 4.63. The van der Waals surface area contributed by atoms with E-state index in [1.54, 1.807) is 23.8 Å². The third-order valence-electron chi connectivity index (χ3n) is 5.17. The number of aliphatic hydroxyl groups is 2. The van der Waals surface area contributed by atoms with Crippen molar-refractivity contribution in [2.45, 2.75) is 43.9 Å². The van der Waals surface area contributed by atoms with Gasteiger partial charge in [0, 0.05) is 19.1 Å². The van der Waals surface area contributed by atoms with E-state index in [4.69, 9.17) is 19.9 Å². The summed E-state index contributed by atoms with van der Waals surface area (Å²) in [6, 6.07) is 0.923. The number of carbonyl (C=O) groups is 2. The third kappa shape index (κ3) is 5.92. The Hall–Kier alpha value is -2.45. The summed E-state index contributed by atoms with van der Waals surface area (Å²) in [7, 11) is 1.39. The lowest BCUT2D eigenvalue weighted by molar-refractivity contribution is -0.147. The third-order valence-corrected chi connectivity index (χ3v) is 6.25. The summed E-state index contributed by atoms with van der Waals surface area (Å²) in [6.45, 7) is 1.74. The molecule has 182 valence electrons. The fourth-order valence-electron chi connectivity index (χ4n) is 3.55. The van der Waals surface area contributed by atoms with Gasteiger partial charge in [0.15, 0.2) is 6.23 Å². The predicted molar refractivity (Wildman–Crippen MR) is 120 cm³/mol. The van der Waals surface area contributed by atoms with Crippen molar-refractivity contribution in [1.29, 1.82) is 0 Å². The molecule has 1 aliphatic heterocycles. The average molecular weight is 484 g/mol. The van der Waals surface area contributed by atoms with Crippen LogP contribution in [0.1, 0.15) is 19.6 Å². The second-order valence-corrected chi connectivity index (χ2v) is 8.58. The van der Waals surface area contributed by atoms with Gasteiger partial charge in [0.1, 0.15) is 42.6 Å². The number of nitrogens with zero attached hydrogens (tertiary/aromatic N) is 3. The Balaban J connectivity index is 1.56. The molecule has 3 rings (SSSR count). The van der Waals surface area contributed by atoms with Gasteiger partial charge in [-0.15, -0.1) is 0 Å². The first kappa shape index (κ1) is 25.2. The smallest absolute Gasteiger partial charge is 0.328 e. The number of nitrogens with one attached hydrogen (secondary N) is 1. The Kier molecular flexibility index (Phi) is 8.86. The molecule has 0 aromatic carbocycles. The maximum atomic E-state index is 12.1. The fraction of sp³-hybridized carbons (Fsp3) is 0.600. The molecule has 0 aliphatic carbocycles. The highest BCUT2D eigenvalue weighted by molar-refractivity contribution is 7.99. The molecule has 1 amide bonds. The van der Waals surface area contributed by atoms with Gasteiger partial charge >= 0.3 is 5.97 Å². The number of anilines is 1. The second kappa shape index (κ2) is 11.6. The zero-order chi connectivity index (χ0) is 24.0. The lowest BCUT2D eigenvalue weighted by Gasteiger charge is -2.18. The van der Waals surface area contributed by atoms with E-state index in [1.165, 1.54) is 25.2 Å². The standard InChI is InChI=1S/C20H29N5O7S/c1-3-31-20(29)12(24-14(26)8-30-2)5-7-33-9-13-15(27)16(28)19(32-13)25-6-4-11-17(21)22-10-23-18(11)25/h4,6,10,12-13,15-16,19,27-28H,3,5,7-9H2,1-2H3,(H,24,26)(H2,21,22,23)/t12?,13-,15-,16-,19?/m1/s1. The highest BCUT2D eigenvalue weighted by atomic mass is 32.2. The van der Waals surface area contributed by atoms with Crippen LogP contribution in [-0.4, -0.2) is 92.8 Å². The van der Waals surface area contributed by atoms with E-state index in [0.29, 0.717) is 34.8 Å². The Bertz CT molecular complexity index is 958. The summed E-state index contributed by atoms with van der Waals surface area (Å²) < 4.78 is 17.3. The van der Waals surface area contributed by atoms with Crippen molar-refractivity contribution < 1.29 is 34.0 Å². The number of rotatable bonds is 11. The molecule has 0 spiro atoms. The van der Waals surface area contributed by atoms with Crippen LogP contribution in [0.4, 0.5) is 5.82 Å². The minimum atomic E-state index is -1.16. The summed E-state index contributed by atoms with van der Waals surface area (Å²) in [5.74, 6) is 0.237. The highest BCUT2D eigenvalue weighted by Gasteiger charge is 2.44. The molecule has 0 saturated carbocycles. The van der Waals surface area contributed by atoms with E-state index in [9.17, 15) is 19.8 Å². The monoisotopic (exact) mass is 483 g/mol. The second-order valence-electron chi connectivity index (χ2n) is 7.43. The van der Waals surface area contributed by atoms with Crippen LogP contribution in [0.25, 0.3) is 11.0 Å². The molecular formula is C20H29N5O7S. The molecule has 13 heteroatoms. The van der Waals surface area contributed by atoms with Gasteiger partial charge in [-0.3, -0.25) is 4.79 Å². The summed E-state index contributed by atoms with van der Waals surface area (Å²) in [6.07, 6.45) is -0.423. The number of nitrogen functional groups attached to an aromatic ring is 1. The minimum Gasteiger partial charge on any atom is -0.464 e. The van der Waals surface area contributed by atoms with Gasteiger partial charge in [-0.25, -0.2) is 14.8 Å². The van der Waals surface area contributed by atoms with Crippen molar-refractivity contribution in [2.75, 3.05) is 37.6 Å². The van der Waals surface area contributed by atoms with Crippen LogP contribution >= 0.6 is 11.8 Å². The number of amides is 1. The topological polar surface area (TPSA) is 171 Å². The maximum Gasteiger partial charge on any atom is 0.328 e. The van der Waals surface area contributed by atoms with Crippen molar-refractivity contribution in [3.8, 4) is 0 Å². The molecule has 0 radical (unpaired) electrons. The molecule has 1 fully saturated rings. The molecule has 0 bridgehead atoms. The van der Waals surface area contributed by atoms with Crippen molar-refractivity contribution >= 4 is 40.5 Å². The van der Waals surface area contributed by atoms with Crippen LogP contribution in [0.15, 0.2) is 18.6 Å². The predicted octanol–water partition coefficient (Wildman–Crippen LogP) is -0.550. The van der Waals surface area contributed by atoms with E-state index in [2.05, 4.69) is 15.3 Å². The molecule has 12 nitrogen and oxygen atoms in total. The Labute approximate surface area is 194 Å². The number of esters is 1. The van der Waals surface area contributed by atoms with Crippen molar-refractivity contribution in [2.24, 2.45) is 0 Å². The lowest BCUT2D eigenvalue weighted by atomic mass is 10.1. The summed E-state index contributed by atoms with van der Waals surface area (Å²) in [5, 5.41) is 24.3. The SMILES string of the molecule is CCOC(=O)C(CCSC[C@H]1OC(n2ccc3c(N)ncnc32)[C@H](O)[C@@H]1O)NC(=O)COC. The average Bonchev–Trinajstić information content (AvgIpc) is 3.33. The van der Waals surface area contributed by atoms with Gasteiger partial charge in [-0.2, -0.15) is 11.8 Å². The van der Waals surface area contributed by atoms with E-state index in [1.807, 2.05) is 0 Å². The van der Waals surface area contributed by atoms with Crippen LogP contribution < -0.4 is 11.1 Å². The molecule has 5 N–H and O–H groups in total. The first-order valence-corrected chi connectivity index (χ1v) is 11.6. The molecule has 3 heterocycles. The van der Waals surface area contributed by atoms with Crippen LogP contribution in [0.3, 0.4) is 0 Å². The number of carbonyl (C=O) groups excluding carboxylic acids is 2. The maximum absolute atomic E-state index is 12.1. The first-order chi connectivity index (χ1) is 15.9. The lowest BCUT2D eigenvalue weighted by Crippen LogP contribution is -2.43. The summed E-state index contributed by atoms with van der Waals surface area (Å²) in [4.78, 5) is 32.1. The van der Waals surface area contributed by atoms with Crippen LogP contribution in [0, 0.1) is 0 Å². The zero-order valence-electron chi connectivity index (χ0n) is 18.4. The Morgan fingerprint density at radius 2 is 2.15 bits per heavy atom. The minimum absolute atomic E-state index is 0.158. The van der Waals surface area contributed by atoms with Crippen molar-refractivity contribution in [1.82, 2.24) is 19.9 Å². The van der Waals surface area contributed by atoms with Gasteiger partial charge in [-0.05, 0) is 25.2 Å². The number of fused-ring (bicyclic) bond motifs is 1. The molecule has 2 aromatic heterocycles. The van der Waals surface area contributed by atoms with Crippen LogP contribution in [-0.2, 0) is 23.8 Å². The van der Waals surface area contributed by atoms with E-state index in [0.717, 1.165) is 0 Å². The number of hydrogen-bond acceptors (Lipinski definition) is 11. The number of methoxy groups -OCH3 is 1. The number of aromatic nitrogens is 3. The van der Waals surface area contributed by atoms with Crippen molar-refractivity contribution in [3.63, 3.8) is 0 Å². The van der Waals surface area contributed by atoms with Gasteiger partial charge in [0.05, 0.1) is 18.1 Å². The first-order valence-electron chi connectivity index (χ1n) is 10.5. The van der Waals surface area contributed by atoms with Gasteiger partial charge < -0.3 is 40.0 Å². The molecule has 33 heavy (non-hydrogen) atoms. The Morgan fingerprint density at radius 1 is 1.36 bits per heavy atom. The van der Waals surface area contributed by atoms with Gasteiger partial charge in [-0.1, -0.05) is 0 Å². The van der Waals surface area contributed by atoms with E-state index >= 15 is 0 Å². The summed E-state index contributed by atoms with van der Waals surface area (Å²) >= 11 is 1.42. The number of nitrogens with two attached hydrogens (primary N) is 1.